The summed E-state index contributed by atoms with van der Waals surface area (Å²) >= 11 is 0. The van der Waals surface area contributed by atoms with Crippen LogP contribution in [0.15, 0.2) is 29.2 Å². The van der Waals surface area contributed by atoms with Crippen molar-refractivity contribution in [2.75, 3.05) is 19.3 Å². The molecular weight excluding hydrogens is 266 g/mol. The number of benzene rings is 1. The summed E-state index contributed by atoms with van der Waals surface area (Å²) in [6, 6.07) is 5.79. The van der Waals surface area contributed by atoms with Gasteiger partial charge >= 0.3 is 0 Å². The number of carbonyl (C=O) groups excluding carboxylic acids is 2. The number of hydrogen-bond donors (Lipinski definition) is 0. The van der Waals surface area contributed by atoms with Gasteiger partial charge in [-0.1, -0.05) is 0 Å². The van der Waals surface area contributed by atoms with E-state index in [1.54, 1.807) is 0 Å². The Morgan fingerprint density at radius 3 is 2.37 bits per heavy atom. The van der Waals surface area contributed by atoms with Crippen LogP contribution in [0.1, 0.15) is 23.2 Å². The molecule has 2 rings (SSSR count). The first-order valence-electron chi connectivity index (χ1n) is 5.99. The van der Waals surface area contributed by atoms with Crippen molar-refractivity contribution >= 4 is 21.5 Å². The van der Waals surface area contributed by atoms with Gasteiger partial charge in [-0.25, -0.2) is 8.42 Å². The predicted octanol–water partition coefficient (Wildman–Crippen LogP) is 0.895. The van der Waals surface area contributed by atoms with Crippen LogP contribution in [0.5, 0.6) is 0 Å². The quantitative estimate of drug-likeness (QED) is 0.807. The van der Waals surface area contributed by atoms with Gasteiger partial charge in [0.15, 0.2) is 15.6 Å². The number of sulfone groups is 1. The summed E-state index contributed by atoms with van der Waals surface area (Å²) in [7, 11) is -3.26. The number of nitrogens with zero attached hydrogens (tertiary/aromatic N) is 1. The molecule has 0 radical (unpaired) electrons. The van der Waals surface area contributed by atoms with Gasteiger partial charge in [-0.05, 0) is 30.7 Å². The zero-order chi connectivity index (χ0) is 14.0. The fraction of sp³-hybridized carbons (Fsp3) is 0.385. The van der Waals surface area contributed by atoms with Crippen molar-refractivity contribution in [2.24, 2.45) is 0 Å². The van der Waals surface area contributed by atoms with Crippen molar-refractivity contribution < 1.29 is 18.0 Å². The van der Waals surface area contributed by atoms with E-state index in [-0.39, 0.29) is 23.1 Å². The summed E-state index contributed by atoms with van der Waals surface area (Å²) in [5.41, 5.74) is 0.405. The summed E-state index contributed by atoms with van der Waals surface area (Å²) in [5, 5.41) is 0. The Labute approximate surface area is 112 Å². The Bertz CT molecular complexity index is 604. The molecule has 0 aliphatic carbocycles. The third-order valence-electron chi connectivity index (χ3n) is 3.07. The lowest BCUT2D eigenvalue weighted by molar-refractivity contribution is -0.121. The Morgan fingerprint density at radius 1 is 1.21 bits per heavy atom. The number of rotatable bonds is 2. The second-order valence-corrected chi connectivity index (χ2v) is 6.68. The first kappa shape index (κ1) is 13.7. The standard InChI is InChI=1S/C13H15NO4S/c1-19(17,18)12-6-4-10(5-7-12)13(16)14-8-2-3-11(15)9-14/h4-7H,2-3,8-9H2,1H3. The van der Waals surface area contributed by atoms with Crippen molar-refractivity contribution in [3.05, 3.63) is 29.8 Å². The maximum Gasteiger partial charge on any atom is 0.254 e. The van der Waals surface area contributed by atoms with Gasteiger partial charge in [0.25, 0.3) is 5.91 Å². The third kappa shape index (κ3) is 3.20. The Kier molecular flexibility index (Phi) is 3.71. The van der Waals surface area contributed by atoms with E-state index in [0.717, 1.165) is 6.26 Å². The Hall–Kier alpha value is -1.69. The lowest BCUT2D eigenvalue weighted by atomic mass is 10.1. The van der Waals surface area contributed by atoms with Crippen LogP contribution in [-0.4, -0.2) is 44.4 Å². The molecule has 0 saturated carbocycles. The van der Waals surface area contributed by atoms with Crippen LogP contribution in [-0.2, 0) is 14.6 Å². The van der Waals surface area contributed by atoms with E-state index in [0.29, 0.717) is 24.9 Å². The number of Topliss-reactive ketones (excluding diaryl/α,β-unsaturated/α-hetero) is 1. The molecule has 6 heteroatoms. The van der Waals surface area contributed by atoms with Crippen molar-refractivity contribution in [1.82, 2.24) is 4.90 Å². The first-order valence-corrected chi connectivity index (χ1v) is 7.88. The molecule has 0 unspecified atom stereocenters. The minimum Gasteiger partial charge on any atom is -0.331 e. The number of piperidine rings is 1. The van der Waals surface area contributed by atoms with E-state index in [1.165, 1.54) is 29.2 Å². The molecule has 5 nitrogen and oxygen atoms in total. The maximum absolute atomic E-state index is 12.1. The van der Waals surface area contributed by atoms with E-state index in [9.17, 15) is 18.0 Å². The van der Waals surface area contributed by atoms with E-state index < -0.39 is 9.84 Å². The van der Waals surface area contributed by atoms with E-state index in [1.807, 2.05) is 0 Å². The average Bonchev–Trinajstić information content (AvgIpc) is 2.37. The van der Waals surface area contributed by atoms with Gasteiger partial charge < -0.3 is 4.90 Å². The molecule has 1 heterocycles. The summed E-state index contributed by atoms with van der Waals surface area (Å²) in [5.74, 6) is -0.166. The highest BCUT2D eigenvalue weighted by molar-refractivity contribution is 7.90. The summed E-state index contributed by atoms with van der Waals surface area (Å²) < 4.78 is 22.6. The van der Waals surface area contributed by atoms with Gasteiger partial charge in [-0.15, -0.1) is 0 Å². The van der Waals surface area contributed by atoms with Gasteiger partial charge in [0.05, 0.1) is 11.4 Å². The van der Waals surface area contributed by atoms with Crippen LogP contribution in [0.25, 0.3) is 0 Å². The molecule has 0 spiro atoms. The van der Waals surface area contributed by atoms with Crippen LogP contribution < -0.4 is 0 Å². The van der Waals surface area contributed by atoms with Crippen molar-refractivity contribution in [2.45, 2.75) is 17.7 Å². The molecule has 1 amide bonds. The third-order valence-corrected chi connectivity index (χ3v) is 4.20. The van der Waals surface area contributed by atoms with Crippen LogP contribution in [0.3, 0.4) is 0 Å². The second-order valence-electron chi connectivity index (χ2n) is 4.67. The van der Waals surface area contributed by atoms with Gasteiger partial charge in [-0.2, -0.15) is 0 Å². The van der Waals surface area contributed by atoms with Crippen molar-refractivity contribution in [3.8, 4) is 0 Å². The first-order chi connectivity index (χ1) is 8.88. The highest BCUT2D eigenvalue weighted by Gasteiger charge is 2.22. The number of carbonyl (C=O) groups is 2. The molecule has 1 aromatic rings. The van der Waals surface area contributed by atoms with Gasteiger partial charge in [0, 0.05) is 24.8 Å². The highest BCUT2D eigenvalue weighted by Crippen LogP contribution is 2.14. The molecule has 0 N–H and O–H groups in total. The van der Waals surface area contributed by atoms with Gasteiger partial charge in [0.1, 0.15) is 0 Å². The highest BCUT2D eigenvalue weighted by atomic mass is 32.2. The van der Waals surface area contributed by atoms with Crippen molar-refractivity contribution in [1.29, 1.82) is 0 Å². The van der Waals surface area contributed by atoms with Gasteiger partial charge in [0.2, 0.25) is 0 Å². The monoisotopic (exact) mass is 281 g/mol. The molecular formula is C13H15NO4S. The largest absolute Gasteiger partial charge is 0.331 e. The molecule has 1 saturated heterocycles. The zero-order valence-electron chi connectivity index (χ0n) is 10.6. The predicted molar refractivity (Wildman–Crippen MR) is 69.7 cm³/mol. The van der Waals surface area contributed by atoms with Crippen LogP contribution in [0.2, 0.25) is 0 Å². The Morgan fingerprint density at radius 2 is 1.84 bits per heavy atom. The zero-order valence-corrected chi connectivity index (χ0v) is 11.4. The summed E-state index contributed by atoms with van der Waals surface area (Å²) in [6.45, 7) is 0.713. The van der Waals surface area contributed by atoms with E-state index in [4.69, 9.17) is 0 Å². The summed E-state index contributed by atoms with van der Waals surface area (Å²) in [4.78, 5) is 25.1. The lowest BCUT2D eigenvalue weighted by Crippen LogP contribution is -2.40. The molecule has 0 aromatic heterocycles. The number of hydrogen-bond acceptors (Lipinski definition) is 4. The van der Waals surface area contributed by atoms with Crippen LogP contribution >= 0.6 is 0 Å². The minimum absolute atomic E-state index is 0.0624. The molecule has 1 aliphatic heterocycles. The minimum atomic E-state index is -3.26. The SMILES string of the molecule is CS(=O)(=O)c1ccc(C(=O)N2CCCC(=O)C2)cc1. The number of ketones is 1. The summed E-state index contributed by atoms with van der Waals surface area (Å²) in [6.07, 6.45) is 2.33. The normalized spacial score (nSPS) is 16.5. The average molecular weight is 281 g/mol. The molecule has 1 aliphatic rings. The topological polar surface area (TPSA) is 71.5 Å². The molecule has 19 heavy (non-hydrogen) atoms. The fourth-order valence-electron chi connectivity index (χ4n) is 2.04. The van der Waals surface area contributed by atoms with Crippen LogP contribution in [0.4, 0.5) is 0 Å². The second kappa shape index (κ2) is 5.13. The number of likely N-dealkylation sites (tertiary alicyclic amines) is 1. The number of amides is 1. The fourth-order valence-corrected chi connectivity index (χ4v) is 2.67. The van der Waals surface area contributed by atoms with E-state index in [2.05, 4.69) is 0 Å². The maximum atomic E-state index is 12.1. The molecule has 0 bridgehead atoms. The Balaban J connectivity index is 2.18. The van der Waals surface area contributed by atoms with Crippen molar-refractivity contribution in [3.63, 3.8) is 0 Å². The van der Waals surface area contributed by atoms with Crippen LogP contribution in [0, 0.1) is 0 Å². The molecule has 1 aromatic carbocycles. The van der Waals surface area contributed by atoms with Gasteiger partial charge in [-0.3, -0.25) is 9.59 Å². The smallest absolute Gasteiger partial charge is 0.254 e. The molecule has 102 valence electrons. The molecule has 0 atom stereocenters. The molecule has 1 fully saturated rings. The lowest BCUT2D eigenvalue weighted by Gasteiger charge is -2.25. The van der Waals surface area contributed by atoms with E-state index >= 15 is 0 Å².